The lowest BCUT2D eigenvalue weighted by Crippen LogP contribution is -2.47. The van der Waals surface area contributed by atoms with Crippen molar-refractivity contribution in [2.24, 2.45) is 5.73 Å². The van der Waals surface area contributed by atoms with Crippen LogP contribution in [0.25, 0.3) is 0 Å². The summed E-state index contributed by atoms with van der Waals surface area (Å²) in [6.45, 7) is 5.52. The highest BCUT2D eigenvalue weighted by Gasteiger charge is 2.21. The van der Waals surface area contributed by atoms with E-state index < -0.39 is 0 Å². The van der Waals surface area contributed by atoms with E-state index in [1.54, 1.807) is 19.1 Å². The lowest BCUT2D eigenvalue weighted by atomic mass is 10.1. The van der Waals surface area contributed by atoms with Crippen molar-refractivity contribution in [1.29, 1.82) is 0 Å². The SMILES string of the molecule is Cc1cc(CN(CC(N)=O)C[C@H]2CN(C)CCO2)ccc1F. The van der Waals surface area contributed by atoms with Crippen LogP contribution in [0.2, 0.25) is 0 Å². The van der Waals surface area contributed by atoms with Crippen LogP contribution in [-0.2, 0) is 16.1 Å². The molecule has 1 aliphatic rings. The van der Waals surface area contributed by atoms with Crippen LogP contribution < -0.4 is 5.73 Å². The van der Waals surface area contributed by atoms with E-state index in [0.29, 0.717) is 25.3 Å². The highest BCUT2D eigenvalue weighted by molar-refractivity contribution is 5.75. The molecule has 1 amide bonds. The number of hydrogen-bond donors (Lipinski definition) is 1. The molecule has 6 heteroatoms. The minimum atomic E-state index is -0.372. The first-order valence-electron chi connectivity index (χ1n) is 7.50. The van der Waals surface area contributed by atoms with E-state index in [2.05, 4.69) is 11.9 Å². The Morgan fingerprint density at radius 2 is 2.32 bits per heavy atom. The molecule has 2 rings (SSSR count). The Morgan fingerprint density at radius 3 is 2.95 bits per heavy atom. The Labute approximate surface area is 130 Å². The lowest BCUT2D eigenvalue weighted by Gasteiger charge is -2.33. The van der Waals surface area contributed by atoms with Crippen molar-refractivity contribution in [2.75, 3.05) is 39.8 Å². The first-order valence-corrected chi connectivity index (χ1v) is 7.50. The molecule has 0 unspecified atom stereocenters. The Bertz CT molecular complexity index is 524. The summed E-state index contributed by atoms with van der Waals surface area (Å²) in [6.07, 6.45) is 0.0552. The van der Waals surface area contributed by atoms with Gasteiger partial charge in [0, 0.05) is 26.2 Å². The van der Waals surface area contributed by atoms with Crippen molar-refractivity contribution in [3.63, 3.8) is 0 Å². The molecule has 0 saturated carbocycles. The van der Waals surface area contributed by atoms with Crippen LogP contribution in [0.1, 0.15) is 11.1 Å². The Hall–Kier alpha value is -1.50. The van der Waals surface area contributed by atoms with Gasteiger partial charge in [-0.3, -0.25) is 9.69 Å². The Balaban J connectivity index is 2.01. The van der Waals surface area contributed by atoms with Crippen LogP contribution in [0.3, 0.4) is 0 Å². The number of primary amides is 1. The van der Waals surface area contributed by atoms with E-state index in [1.165, 1.54) is 6.07 Å². The molecule has 0 aromatic heterocycles. The number of nitrogens with two attached hydrogens (primary N) is 1. The molecule has 1 aliphatic heterocycles. The van der Waals surface area contributed by atoms with Crippen LogP contribution in [0.5, 0.6) is 0 Å². The molecule has 1 atom stereocenters. The van der Waals surface area contributed by atoms with E-state index in [4.69, 9.17) is 10.5 Å². The second-order valence-corrected chi connectivity index (χ2v) is 5.97. The van der Waals surface area contributed by atoms with Gasteiger partial charge in [-0.1, -0.05) is 12.1 Å². The van der Waals surface area contributed by atoms with Gasteiger partial charge in [-0.05, 0) is 31.2 Å². The number of likely N-dealkylation sites (N-methyl/N-ethyl adjacent to an activating group) is 1. The van der Waals surface area contributed by atoms with Gasteiger partial charge in [0.1, 0.15) is 5.82 Å². The van der Waals surface area contributed by atoms with Crippen LogP contribution in [0.4, 0.5) is 4.39 Å². The largest absolute Gasteiger partial charge is 0.374 e. The second kappa shape index (κ2) is 7.67. The first kappa shape index (κ1) is 16.9. The van der Waals surface area contributed by atoms with Gasteiger partial charge in [-0.25, -0.2) is 4.39 Å². The van der Waals surface area contributed by atoms with E-state index in [9.17, 15) is 9.18 Å². The van der Waals surface area contributed by atoms with Crippen molar-refractivity contribution in [2.45, 2.75) is 19.6 Å². The fraction of sp³-hybridized carbons (Fsp3) is 0.562. The van der Waals surface area contributed by atoms with Gasteiger partial charge in [0.05, 0.1) is 19.3 Å². The predicted molar refractivity (Wildman–Crippen MR) is 82.8 cm³/mol. The van der Waals surface area contributed by atoms with Gasteiger partial charge in [-0.2, -0.15) is 0 Å². The average Bonchev–Trinajstić information content (AvgIpc) is 2.42. The highest BCUT2D eigenvalue weighted by atomic mass is 19.1. The van der Waals surface area contributed by atoms with Crippen molar-refractivity contribution in [3.8, 4) is 0 Å². The molecule has 0 spiro atoms. The summed E-state index contributed by atoms with van der Waals surface area (Å²) in [7, 11) is 2.05. The fourth-order valence-electron chi connectivity index (χ4n) is 2.73. The van der Waals surface area contributed by atoms with Gasteiger partial charge in [0.2, 0.25) is 5.91 Å². The number of nitrogens with zero attached hydrogens (tertiary/aromatic N) is 2. The minimum Gasteiger partial charge on any atom is -0.374 e. The number of halogens is 1. The molecule has 2 N–H and O–H groups in total. The number of aryl methyl sites for hydroxylation is 1. The van der Waals surface area contributed by atoms with Gasteiger partial charge in [0.15, 0.2) is 0 Å². The van der Waals surface area contributed by atoms with Crippen LogP contribution in [-0.4, -0.2) is 61.6 Å². The molecular weight excluding hydrogens is 285 g/mol. The molecule has 22 heavy (non-hydrogen) atoms. The highest BCUT2D eigenvalue weighted by Crippen LogP contribution is 2.13. The molecule has 122 valence electrons. The summed E-state index contributed by atoms with van der Waals surface area (Å²) in [5.74, 6) is -0.592. The van der Waals surface area contributed by atoms with Gasteiger partial charge < -0.3 is 15.4 Å². The number of benzene rings is 1. The molecule has 1 saturated heterocycles. The normalized spacial score (nSPS) is 19.5. The summed E-state index contributed by atoms with van der Waals surface area (Å²) in [4.78, 5) is 15.5. The maximum atomic E-state index is 13.3. The summed E-state index contributed by atoms with van der Waals surface area (Å²) < 4.78 is 19.1. The molecule has 5 nitrogen and oxygen atoms in total. The van der Waals surface area contributed by atoms with E-state index in [-0.39, 0.29) is 24.4 Å². The Kier molecular flexibility index (Phi) is 5.88. The third-order valence-electron chi connectivity index (χ3n) is 3.81. The molecule has 0 bridgehead atoms. The minimum absolute atomic E-state index is 0.0552. The summed E-state index contributed by atoms with van der Waals surface area (Å²) in [5, 5.41) is 0. The number of carbonyl (C=O) groups excluding carboxylic acids is 1. The van der Waals surface area contributed by atoms with E-state index in [0.717, 1.165) is 18.7 Å². The zero-order valence-corrected chi connectivity index (χ0v) is 13.2. The predicted octanol–water partition coefficient (Wildman–Crippen LogP) is 0.752. The topological polar surface area (TPSA) is 58.8 Å². The van der Waals surface area contributed by atoms with E-state index in [1.807, 2.05) is 4.90 Å². The molecule has 0 radical (unpaired) electrons. The molecule has 0 aliphatic carbocycles. The fourth-order valence-corrected chi connectivity index (χ4v) is 2.73. The Morgan fingerprint density at radius 1 is 1.55 bits per heavy atom. The average molecular weight is 309 g/mol. The van der Waals surface area contributed by atoms with Crippen molar-refractivity contribution >= 4 is 5.91 Å². The maximum absolute atomic E-state index is 13.3. The van der Waals surface area contributed by atoms with Crippen LogP contribution >= 0.6 is 0 Å². The van der Waals surface area contributed by atoms with E-state index >= 15 is 0 Å². The number of carbonyl (C=O) groups is 1. The molecule has 1 fully saturated rings. The van der Waals surface area contributed by atoms with Crippen LogP contribution in [0, 0.1) is 12.7 Å². The zero-order valence-electron chi connectivity index (χ0n) is 13.2. The zero-order chi connectivity index (χ0) is 16.1. The van der Waals surface area contributed by atoms with Crippen molar-refractivity contribution < 1.29 is 13.9 Å². The van der Waals surface area contributed by atoms with Crippen molar-refractivity contribution in [3.05, 3.63) is 35.1 Å². The standard InChI is InChI=1S/C16H24FN3O2/c1-12-7-13(3-4-15(12)17)8-20(11-16(18)21)10-14-9-19(2)5-6-22-14/h3-4,7,14H,5-6,8-11H2,1-2H3,(H2,18,21)/t14-/m1/s1. The molecule has 1 aromatic rings. The third kappa shape index (κ3) is 5.05. The maximum Gasteiger partial charge on any atom is 0.231 e. The smallest absolute Gasteiger partial charge is 0.231 e. The number of morpholine rings is 1. The second-order valence-electron chi connectivity index (χ2n) is 5.97. The number of amides is 1. The molecule has 1 aromatic carbocycles. The molecular formula is C16H24FN3O2. The van der Waals surface area contributed by atoms with Gasteiger partial charge >= 0.3 is 0 Å². The van der Waals surface area contributed by atoms with Crippen molar-refractivity contribution in [1.82, 2.24) is 9.80 Å². The third-order valence-corrected chi connectivity index (χ3v) is 3.81. The van der Waals surface area contributed by atoms with Gasteiger partial charge in [-0.15, -0.1) is 0 Å². The quantitative estimate of drug-likeness (QED) is 0.842. The summed E-state index contributed by atoms with van der Waals surface area (Å²) in [5.41, 5.74) is 6.91. The van der Waals surface area contributed by atoms with Crippen LogP contribution in [0.15, 0.2) is 18.2 Å². The monoisotopic (exact) mass is 309 g/mol. The first-order chi connectivity index (χ1) is 10.4. The van der Waals surface area contributed by atoms with Gasteiger partial charge in [0.25, 0.3) is 0 Å². The number of rotatable bonds is 6. The summed E-state index contributed by atoms with van der Waals surface area (Å²) >= 11 is 0. The number of ether oxygens (including phenoxy) is 1. The number of hydrogen-bond acceptors (Lipinski definition) is 4. The summed E-state index contributed by atoms with van der Waals surface area (Å²) in [6, 6.07) is 5.00. The lowest BCUT2D eigenvalue weighted by molar-refractivity contribution is -0.120. The molecule has 1 heterocycles.